The quantitative estimate of drug-likeness (QED) is 0.646. The van der Waals surface area contributed by atoms with Crippen molar-refractivity contribution < 1.29 is 9.31 Å². The fourth-order valence-electron chi connectivity index (χ4n) is 2.17. The van der Waals surface area contributed by atoms with Gasteiger partial charge >= 0.3 is 0 Å². The summed E-state index contributed by atoms with van der Waals surface area (Å²) in [5, 5.41) is 14.0. The van der Waals surface area contributed by atoms with Gasteiger partial charge in [0, 0.05) is 24.7 Å². The highest BCUT2D eigenvalue weighted by Crippen LogP contribution is 2.18. The van der Waals surface area contributed by atoms with Crippen molar-refractivity contribution in [3.05, 3.63) is 75.6 Å². The van der Waals surface area contributed by atoms with Gasteiger partial charge < -0.3 is 5.32 Å². The number of rotatable bonds is 6. The number of hydrogen-bond acceptors (Lipinski definition) is 3. The largest absolute Gasteiger partial charge is 0.306 e. The molecule has 0 saturated carbocycles. The van der Waals surface area contributed by atoms with Crippen LogP contribution < -0.4 is 5.32 Å². The van der Waals surface area contributed by atoms with Gasteiger partial charge in [-0.1, -0.05) is 31.2 Å². The number of hydrogen-bond donors (Lipinski definition) is 1. The minimum atomic E-state index is -0.412. The maximum atomic E-state index is 12.9. The Balaban J connectivity index is 1.99. The van der Waals surface area contributed by atoms with Crippen LogP contribution in [0.2, 0.25) is 0 Å². The van der Waals surface area contributed by atoms with E-state index in [0.29, 0.717) is 6.54 Å². The smallest absolute Gasteiger partial charge is 0.269 e. The van der Waals surface area contributed by atoms with E-state index in [9.17, 15) is 14.5 Å². The molecule has 0 fully saturated rings. The Bertz CT molecular complexity index is 597. The molecule has 2 aromatic carbocycles. The molecule has 5 heteroatoms. The summed E-state index contributed by atoms with van der Waals surface area (Å²) < 4.78 is 12.9. The molecule has 0 aliphatic heterocycles. The summed E-state index contributed by atoms with van der Waals surface area (Å²) in [6.45, 7) is 2.66. The number of nitrogens with one attached hydrogen (secondary N) is 1. The average Bonchev–Trinajstić information content (AvgIpc) is 2.50. The molecule has 0 saturated heterocycles. The van der Waals surface area contributed by atoms with Crippen molar-refractivity contribution in [3.63, 3.8) is 0 Å². The van der Waals surface area contributed by atoms with E-state index in [1.54, 1.807) is 24.3 Å². The zero-order chi connectivity index (χ0) is 15.2. The molecular weight excluding hydrogens is 271 g/mol. The van der Waals surface area contributed by atoms with Crippen LogP contribution in [-0.4, -0.2) is 4.92 Å². The highest BCUT2D eigenvalue weighted by Gasteiger charge is 2.09. The maximum absolute atomic E-state index is 12.9. The van der Waals surface area contributed by atoms with E-state index in [2.05, 4.69) is 12.2 Å². The Labute approximate surface area is 122 Å². The lowest BCUT2D eigenvalue weighted by molar-refractivity contribution is -0.384. The summed E-state index contributed by atoms with van der Waals surface area (Å²) in [4.78, 5) is 10.2. The van der Waals surface area contributed by atoms with Gasteiger partial charge in [0.05, 0.1) is 4.92 Å². The second-order valence-corrected chi connectivity index (χ2v) is 4.82. The molecule has 1 N–H and O–H groups in total. The van der Waals surface area contributed by atoms with Gasteiger partial charge in [0.25, 0.3) is 5.69 Å². The van der Waals surface area contributed by atoms with Gasteiger partial charge in [0.1, 0.15) is 5.82 Å². The van der Waals surface area contributed by atoms with Gasteiger partial charge in [-0.15, -0.1) is 0 Å². The fourth-order valence-corrected chi connectivity index (χ4v) is 2.17. The van der Waals surface area contributed by atoms with Gasteiger partial charge in [0.2, 0.25) is 0 Å². The Hall–Kier alpha value is -2.27. The minimum Gasteiger partial charge on any atom is -0.306 e. The number of nitro groups is 1. The molecule has 1 atom stereocenters. The van der Waals surface area contributed by atoms with Gasteiger partial charge in [-0.3, -0.25) is 10.1 Å². The molecular formula is C16H17FN2O2. The Kier molecular flexibility index (Phi) is 5.00. The van der Waals surface area contributed by atoms with Crippen LogP contribution in [0.15, 0.2) is 48.5 Å². The molecule has 0 aliphatic carbocycles. The van der Waals surface area contributed by atoms with Gasteiger partial charge in [-0.2, -0.15) is 0 Å². The van der Waals surface area contributed by atoms with Crippen molar-refractivity contribution in [2.45, 2.75) is 25.9 Å². The molecule has 4 nitrogen and oxygen atoms in total. The molecule has 2 aromatic rings. The van der Waals surface area contributed by atoms with Crippen LogP contribution in [0.4, 0.5) is 10.1 Å². The third-order valence-electron chi connectivity index (χ3n) is 3.38. The zero-order valence-electron chi connectivity index (χ0n) is 11.8. The molecule has 0 heterocycles. The molecule has 0 bridgehead atoms. The fraction of sp³-hybridized carbons (Fsp3) is 0.250. The predicted molar refractivity (Wildman–Crippen MR) is 79.4 cm³/mol. The molecule has 21 heavy (non-hydrogen) atoms. The van der Waals surface area contributed by atoms with E-state index in [0.717, 1.165) is 17.5 Å². The number of nitrogens with zero attached hydrogens (tertiary/aromatic N) is 1. The molecule has 1 unspecified atom stereocenters. The number of halogens is 1. The van der Waals surface area contributed by atoms with Crippen LogP contribution in [0, 0.1) is 15.9 Å². The van der Waals surface area contributed by atoms with Crippen LogP contribution in [0.3, 0.4) is 0 Å². The Morgan fingerprint density at radius 3 is 2.29 bits per heavy atom. The number of nitro benzene ring substituents is 1. The van der Waals surface area contributed by atoms with Crippen molar-refractivity contribution >= 4 is 5.69 Å². The summed E-state index contributed by atoms with van der Waals surface area (Å²) in [6.07, 6.45) is 0.874. The third-order valence-corrected chi connectivity index (χ3v) is 3.38. The third kappa shape index (κ3) is 4.10. The van der Waals surface area contributed by atoms with Crippen molar-refractivity contribution in [1.29, 1.82) is 0 Å². The summed E-state index contributed by atoms with van der Waals surface area (Å²) in [5.74, 6) is -0.246. The Morgan fingerprint density at radius 1 is 1.14 bits per heavy atom. The number of benzene rings is 2. The van der Waals surface area contributed by atoms with Crippen LogP contribution in [0.1, 0.15) is 30.5 Å². The first-order valence-electron chi connectivity index (χ1n) is 6.82. The minimum absolute atomic E-state index is 0.0873. The van der Waals surface area contributed by atoms with Crippen molar-refractivity contribution in [2.24, 2.45) is 0 Å². The summed E-state index contributed by atoms with van der Waals surface area (Å²) >= 11 is 0. The molecule has 0 aromatic heterocycles. The van der Waals surface area contributed by atoms with E-state index in [-0.39, 0.29) is 17.5 Å². The van der Waals surface area contributed by atoms with Crippen LogP contribution in [0.25, 0.3) is 0 Å². The molecule has 110 valence electrons. The first kappa shape index (κ1) is 15.1. The van der Waals surface area contributed by atoms with E-state index in [4.69, 9.17) is 0 Å². The molecule has 2 rings (SSSR count). The van der Waals surface area contributed by atoms with Gasteiger partial charge in [-0.05, 0) is 29.7 Å². The second-order valence-electron chi connectivity index (χ2n) is 4.82. The van der Waals surface area contributed by atoms with Crippen molar-refractivity contribution in [2.75, 3.05) is 0 Å². The van der Waals surface area contributed by atoms with Crippen LogP contribution >= 0.6 is 0 Å². The summed E-state index contributed by atoms with van der Waals surface area (Å²) in [6, 6.07) is 13.0. The van der Waals surface area contributed by atoms with Crippen LogP contribution in [0.5, 0.6) is 0 Å². The molecule has 0 aliphatic rings. The summed E-state index contributed by atoms with van der Waals surface area (Å²) in [5.41, 5.74) is 2.09. The van der Waals surface area contributed by atoms with Crippen molar-refractivity contribution in [1.82, 2.24) is 5.32 Å². The highest BCUT2D eigenvalue weighted by atomic mass is 19.1. The second kappa shape index (κ2) is 6.95. The predicted octanol–water partition coefficient (Wildman–Crippen LogP) is 3.97. The average molecular weight is 288 g/mol. The molecule has 0 spiro atoms. The zero-order valence-corrected chi connectivity index (χ0v) is 11.8. The van der Waals surface area contributed by atoms with E-state index >= 15 is 0 Å². The topological polar surface area (TPSA) is 55.2 Å². The van der Waals surface area contributed by atoms with Gasteiger partial charge in [0.15, 0.2) is 0 Å². The first-order chi connectivity index (χ1) is 10.1. The maximum Gasteiger partial charge on any atom is 0.269 e. The SMILES string of the molecule is CCC(NCc1ccc([N+](=O)[O-])cc1)c1ccc(F)cc1. The monoisotopic (exact) mass is 288 g/mol. The lowest BCUT2D eigenvalue weighted by Crippen LogP contribution is -2.20. The summed E-state index contributed by atoms with van der Waals surface area (Å²) in [7, 11) is 0. The Morgan fingerprint density at radius 2 is 1.76 bits per heavy atom. The lowest BCUT2D eigenvalue weighted by Gasteiger charge is -2.17. The highest BCUT2D eigenvalue weighted by molar-refractivity contribution is 5.33. The molecule has 0 radical (unpaired) electrons. The standard InChI is InChI=1S/C16H17FN2O2/c1-2-16(13-5-7-14(17)8-6-13)18-11-12-3-9-15(10-4-12)19(20)21/h3-10,16,18H,2,11H2,1H3. The first-order valence-corrected chi connectivity index (χ1v) is 6.82. The number of non-ortho nitro benzene ring substituents is 1. The van der Waals surface area contributed by atoms with E-state index in [1.807, 2.05) is 0 Å². The van der Waals surface area contributed by atoms with Crippen molar-refractivity contribution in [3.8, 4) is 0 Å². The normalized spacial score (nSPS) is 12.1. The van der Waals surface area contributed by atoms with Crippen LogP contribution in [-0.2, 0) is 6.54 Å². The van der Waals surface area contributed by atoms with Gasteiger partial charge in [-0.25, -0.2) is 4.39 Å². The lowest BCUT2D eigenvalue weighted by atomic mass is 10.0. The van der Waals surface area contributed by atoms with E-state index < -0.39 is 4.92 Å². The van der Waals surface area contributed by atoms with E-state index in [1.165, 1.54) is 24.3 Å². The molecule has 0 amide bonds.